The van der Waals surface area contributed by atoms with Crippen LogP contribution in [0.1, 0.15) is 48.7 Å². The standard InChI is InChI=1S/C27H33N3O4S/c1-29-15-7-12-22(29)26(27(32)28-19-9-5-4-6-10-19)30(25(31)18-21-11-8-16-35-21)20-13-14-23(33-2)24(17-20)34-3/h7-8,11-17,19,26H,4-6,9-10,18H2,1-3H3,(H,28,32)/t26-/m1/s1. The summed E-state index contributed by atoms with van der Waals surface area (Å²) < 4.78 is 12.8. The molecule has 0 aliphatic heterocycles. The maximum Gasteiger partial charge on any atom is 0.249 e. The number of anilines is 1. The van der Waals surface area contributed by atoms with E-state index in [2.05, 4.69) is 5.32 Å². The number of rotatable bonds is 9. The first-order chi connectivity index (χ1) is 17.0. The van der Waals surface area contributed by atoms with Crippen molar-refractivity contribution in [3.63, 3.8) is 0 Å². The number of hydrogen-bond donors (Lipinski definition) is 1. The Kier molecular flexibility index (Phi) is 8.13. The smallest absolute Gasteiger partial charge is 0.249 e. The lowest BCUT2D eigenvalue weighted by atomic mass is 9.95. The van der Waals surface area contributed by atoms with E-state index in [4.69, 9.17) is 9.47 Å². The molecule has 1 N–H and O–H groups in total. The summed E-state index contributed by atoms with van der Waals surface area (Å²) >= 11 is 1.53. The highest BCUT2D eigenvalue weighted by atomic mass is 32.1. The van der Waals surface area contributed by atoms with Crippen LogP contribution in [0.5, 0.6) is 11.5 Å². The van der Waals surface area contributed by atoms with Gasteiger partial charge >= 0.3 is 0 Å². The molecule has 1 aliphatic carbocycles. The van der Waals surface area contributed by atoms with Gasteiger partial charge in [0.2, 0.25) is 11.8 Å². The molecule has 0 radical (unpaired) electrons. The van der Waals surface area contributed by atoms with Crippen LogP contribution in [-0.2, 0) is 23.1 Å². The fourth-order valence-corrected chi connectivity index (χ4v) is 5.42. The van der Waals surface area contributed by atoms with Crippen LogP contribution in [0.3, 0.4) is 0 Å². The molecule has 1 saturated carbocycles. The highest BCUT2D eigenvalue weighted by Crippen LogP contribution is 2.36. The maximum absolute atomic E-state index is 13.9. The fourth-order valence-electron chi connectivity index (χ4n) is 4.73. The van der Waals surface area contributed by atoms with E-state index in [9.17, 15) is 9.59 Å². The van der Waals surface area contributed by atoms with Crippen molar-refractivity contribution in [2.45, 2.75) is 50.6 Å². The summed E-state index contributed by atoms with van der Waals surface area (Å²) in [7, 11) is 5.03. The lowest BCUT2D eigenvalue weighted by Gasteiger charge is -2.33. The van der Waals surface area contributed by atoms with E-state index in [0.717, 1.165) is 36.3 Å². The molecule has 0 saturated heterocycles. The minimum Gasteiger partial charge on any atom is -0.493 e. The lowest BCUT2D eigenvalue weighted by Crippen LogP contribution is -2.48. The molecule has 7 nitrogen and oxygen atoms in total. The Morgan fingerprint density at radius 2 is 1.86 bits per heavy atom. The van der Waals surface area contributed by atoms with Crippen LogP contribution in [0, 0.1) is 0 Å². The first kappa shape index (κ1) is 24.9. The lowest BCUT2D eigenvalue weighted by molar-refractivity contribution is -0.127. The second kappa shape index (κ2) is 11.4. The highest BCUT2D eigenvalue weighted by Gasteiger charge is 2.36. The van der Waals surface area contributed by atoms with Gasteiger partial charge in [0.25, 0.3) is 0 Å². The zero-order chi connectivity index (χ0) is 24.8. The van der Waals surface area contributed by atoms with Crippen molar-refractivity contribution in [3.8, 4) is 11.5 Å². The van der Waals surface area contributed by atoms with Crippen LogP contribution < -0.4 is 19.7 Å². The number of aromatic nitrogens is 1. The summed E-state index contributed by atoms with van der Waals surface area (Å²) in [6, 6.07) is 12.3. The number of ether oxygens (including phenoxy) is 2. The van der Waals surface area contributed by atoms with Gasteiger partial charge in [0.15, 0.2) is 17.5 Å². The SMILES string of the molecule is COc1ccc(N(C(=O)Cc2cccs2)[C@@H](C(=O)NC2CCCCC2)c2cccn2C)cc1OC. The van der Waals surface area contributed by atoms with Crippen LogP contribution in [0.15, 0.2) is 54.0 Å². The Morgan fingerprint density at radius 1 is 1.09 bits per heavy atom. The first-order valence-corrected chi connectivity index (χ1v) is 12.9. The summed E-state index contributed by atoms with van der Waals surface area (Å²) in [6.07, 6.45) is 7.43. The summed E-state index contributed by atoms with van der Waals surface area (Å²) in [6.45, 7) is 0. The predicted molar refractivity (Wildman–Crippen MR) is 138 cm³/mol. The predicted octanol–water partition coefficient (Wildman–Crippen LogP) is 4.87. The number of nitrogens with one attached hydrogen (secondary N) is 1. The van der Waals surface area contributed by atoms with Crippen molar-refractivity contribution < 1.29 is 19.1 Å². The van der Waals surface area contributed by atoms with Gasteiger partial charge in [0, 0.05) is 35.9 Å². The quantitative estimate of drug-likeness (QED) is 0.460. The summed E-state index contributed by atoms with van der Waals surface area (Å²) in [5.74, 6) is 0.721. The van der Waals surface area contributed by atoms with Gasteiger partial charge in [-0.1, -0.05) is 25.3 Å². The van der Waals surface area contributed by atoms with Crippen molar-refractivity contribution >= 4 is 28.8 Å². The second-order valence-electron chi connectivity index (χ2n) is 8.85. The van der Waals surface area contributed by atoms with Crippen molar-refractivity contribution in [2.75, 3.05) is 19.1 Å². The van der Waals surface area contributed by atoms with Crippen LogP contribution >= 0.6 is 11.3 Å². The summed E-state index contributed by atoms with van der Waals surface area (Å²) in [5, 5.41) is 5.20. The zero-order valence-electron chi connectivity index (χ0n) is 20.5. The molecule has 186 valence electrons. The molecule has 1 fully saturated rings. The third-order valence-electron chi connectivity index (χ3n) is 6.54. The normalized spacial score (nSPS) is 14.8. The number of nitrogens with zero attached hydrogens (tertiary/aromatic N) is 2. The van der Waals surface area contributed by atoms with Gasteiger partial charge in [-0.3, -0.25) is 14.5 Å². The number of carbonyl (C=O) groups is 2. The third-order valence-corrected chi connectivity index (χ3v) is 7.42. The molecule has 2 aromatic heterocycles. The van der Waals surface area contributed by atoms with E-state index in [0.29, 0.717) is 17.2 Å². The summed E-state index contributed by atoms with van der Waals surface area (Å²) in [4.78, 5) is 30.3. The average molecular weight is 496 g/mol. The van der Waals surface area contributed by atoms with E-state index >= 15 is 0 Å². The second-order valence-corrected chi connectivity index (χ2v) is 9.88. The van der Waals surface area contributed by atoms with Crippen molar-refractivity contribution in [3.05, 3.63) is 64.6 Å². The number of methoxy groups -OCH3 is 2. The molecular formula is C27H33N3O4S. The molecule has 1 aliphatic rings. The molecule has 0 bridgehead atoms. The van der Waals surface area contributed by atoms with Gasteiger partial charge in [0.05, 0.1) is 26.3 Å². The minimum absolute atomic E-state index is 0.124. The first-order valence-electron chi connectivity index (χ1n) is 12.0. The number of benzene rings is 1. The molecule has 0 unspecified atom stereocenters. The maximum atomic E-state index is 13.9. The largest absolute Gasteiger partial charge is 0.493 e. The Hall–Kier alpha value is -3.26. The van der Waals surface area contributed by atoms with Crippen LogP contribution in [-0.4, -0.2) is 36.6 Å². The van der Waals surface area contributed by atoms with Gasteiger partial charge in [-0.15, -0.1) is 11.3 Å². The number of hydrogen-bond acceptors (Lipinski definition) is 5. The molecule has 1 aromatic carbocycles. The molecule has 8 heteroatoms. The van der Waals surface area contributed by atoms with Crippen LogP contribution in [0.25, 0.3) is 0 Å². The van der Waals surface area contributed by atoms with Gasteiger partial charge < -0.3 is 19.4 Å². The minimum atomic E-state index is -0.831. The van der Waals surface area contributed by atoms with Crippen molar-refractivity contribution in [2.24, 2.45) is 7.05 Å². The van der Waals surface area contributed by atoms with Crippen molar-refractivity contribution in [1.29, 1.82) is 0 Å². The van der Waals surface area contributed by atoms with E-state index in [-0.39, 0.29) is 24.3 Å². The van der Waals surface area contributed by atoms with Gasteiger partial charge in [-0.05, 0) is 48.6 Å². The van der Waals surface area contributed by atoms with E-state index < -0.39 is 6.04 Å². The summed E-state index contributed by atoms with van der Waals surface area (Å²) in [5.41, 5.74) is 1.32. The molecule has 35 heavy (non-hydrogen) atoms. The number of carbonyl (C=O) groups excluding carboxylic acids is 2. The fraction of sp³-hybridized carbons (Fsp3) is 0.407. The van der Waals surface area contributed by atoms with Gasteiger partial charge in [-0.2, -0.15) is 0 Å². The molecule has 0 spiro atoms. The number of aryl methyl sites for hydroxylation is 1. The number of thiophene rings is 1. The zero-order valence-corrected chi connectivity index (χ0v) is 21.3. The van der Waals surface area contributed by atoms with Gasteiger partial charge in [-0.25, -0.2) is 0 Å². The Labute approximate surface area is 210 Å². The molecule has 2 amide bonds. The Balaban J connectivity index is 1.78. The molecule has 1 atom stereocenters. The average Bonchev–Trinajstić information content (AvgIpc) is 3.54. The van der Waals surface area contributed by atoms with Gasteiger partial charge in [0.1, 0.15) is 0 Å². The topological polar surface area (TPSA) is 72.8 Å². The van der Waals surface area contributed by atoms with E-state index in [1.54, 1.807) is 37.3 Å². The molecule has 2 heterocycles. The molecular weight excluding hydrogens is 462 g/mol. The van der Waals surface area contributed by atoms with Crippen molar-refractivity contribution in [1.82, 2.24) is 9.88 Å². The monoisotopic (exact) mass is 495 g/mol. The molecule has 3 aromatic rings. The van der Waals surface area contributed by atoms with E-state index in [1.165, 1.54) is 17.8 Å². The Morgan fingerprint density at radius 3 is 2.49 bits per heavy atom. The third kappa shape index (κ3) is 5.70. The van der Waals surface area contributed by atoms with Crippen LogP contribution in [0.4, 0.5) is 5.69 Å². The van der Waals surface area contributed by atoms with Crippen LogP contribution in [0.2, 0.25) is 0 Å². The molecule has 4 rings (SSSR count). The van der Waals surface area contributed by atoms with E-state index in [1.807, 2.05) is 47.5 Å². The highest BCUT2D eigenvalue weighted by molar-refractivity contribution is 7.10. The number of amides is 2. The Bertz CT molecular complexity index is 1140.